The van der Waals surface area contributed by atoms with E-state index in [9.17, 15) is 0 Å². The molecule has 3 nitrogen and oxygen atoms in total. The van der Waals surface area contributed by atoms with Crippen molar-refractivity contribution in [2.24, 2.45) is 0 Å². The van der Waals surface area contributed by atoms with Gasteiger partial charge in [0, 0.05) is 37.1 Å². The molecule has 1 heterocycles. The Balaban J connectivity index is 2.26. The van der Waals surface area contributed by atoms with Gasteiger partial charge in [-0.05, 0) is 19.4 Å². The molecule has 1 aromatic heterocycles. The zero-order valence-corrected chi connectivity index (χ0v) is 9.33. The van der Waals surface area contributed by atoms with Crippen LogP contribution in [0.15, 0.2) is 29.8 Å². The van der Waals surface area contributed by atoms with Crippen molar-refractivity contribution >= 4 is 11.6 Å². The van der Waals surface area contributed by atoms with Gasteiger partial charge in [-0.15, -0.1) is 0 Å². The molecule has 0 fully saturated rings. The van der Waals surface area contributed by atoms with Gasteiger partial charge in [-0.1, -0.05) is 11.6 Å². The maximum Gasteiger partial charge on any atom is 0.0946 e. The molecule has 0 amide bonds. The van der Waals surface area contributed by atoms with Gasteiger partial charge in [0.05, 0.1) is 6.33 Å². The van der Waals surface area contributed by atoms with Gasteiger partial charge in [0.1, 0.15) is 0 Å². The summed E-state index contributed by atoms with van der Waals surface area (Å²) in [6, 6.07) is 0.413. The maximum atomic E-state index is 5.56. The minimum atomic E-state index is 0.413. The summed E-state index contributed by atoms with van der Waals surface area (Å²) in [6.45, 7) is 5.90. The number of nitrogens with zero attached hydrogens (tertiary/aromatic N) is 2. The van der Waals surface area contributed by atoms with Crippen molar-refractivity contribution in [3.63, 3.8) is 0 Å². The predicted octanol–water partition coefficient (Wildman–Crippen LogP) is 2.00. The number of imidazole rings is 1. The number of rotatable bonds is 5. The molecular weight excluding hydrogens is 198 g/mol. The summed E-state index contributed by atoms with van der Waals surface area (Å²) in [5, 5.41) is 3.37. The van der Waals surface area contributed by atoms with Gasteiger partial charge >= 0.3 is 0 Å². The first-order valence-electron chi connectivity index (χ1n) is 4.67. The molecule has 0 spiro atoms. The van der Waals surface area contributed by atoms with Crippen molar-refractivity contribution in [1.82, 2.24) is 14.9 Å². The maximum absolute atomic E-state index is 5.56. The fourth-order valence-electron chi connectivity index (χ4n) is 1.15. The molecule has 0 saturated heterocycles. The highest BCUT2D eigenvalue weighted by atomic mass is 35.5. The van der Waals surface area contributed by atoms with Crippen LogP contribution in [0.1, 0.15) is 13.8 Å². The quantitative estimate of drug-likeness (QED) is 0.811. The minimum absolute atomic E-state index is 0.413. The fourth-order valence-corrected chi connectivity index (χ4v) is 1.23. The number of aromatic nitrogens is 2. The Kier molecular flexibility index (Phi) is 4.70. The SMILES string of the molecule is C/C(=C\Cl)CNC(C)Cn1ccnc1. The molecule has 0 aliphatic carbocycles. The predicted molar refractivity (Wildman–Crippen MR) is 59.3 cm³/mol. The van der Waals surface area contributed by atoms with Gasteiger partial charge < -0.3 is 9.88 Å². The summed E-state index contributed by atoms with van der Waals surface area (Å²) < 4.78 is 2.05. The van der Waals surface area contributed by atoms with Gasteiger partial charge in [0.25, 0.3) is 0 Å². The number of halogens is 1. The monoisotopic (exact) mass is 213 g/mol. The largest absolute Gasteiger partial charge is 0.336 e. The molecule has 78 valence electrons. The Morgan fingerprint density at radius 1 is 1.71 bits per heavy atom. The van der Waals surface area contributed by atoms with E-state index < -0.39 is 0 Å². The highest BCUT2D eigenvalue weighted by molar-refractivity contribution is 6.25. The van der Waals surface area contributed by atoms with E-state index in [4.69, 9.17) is 11.6 Å². The first-order chi connectivity index (χ1) is 6.72. The summed E-state index contributed by atoms with van der Waals surface area (Å²) in [5.41, 5.74) is 2.75. The zero-order valence-electron chi connectivity index (χ0n) is 8.57. The lowest BCUT2D eigenvalue weighted by Gasteiger charge is -2.14. The first kappa shape index (κ1) is 11.3. The van der Waals surface area contributed by atoms with Crippen LogP contribution in [0.4, 0.5) is 0 Å². The second-order valence-corrected chi connectivity index (χ2v) is 3.72. The number of hydrogen-bond donors (Lipinski definition) is 1. The second kappa shape index (κ2) is 5.83. The molecule has 14 heavy (non-hydrogen) atoms. The molecule has 1 atom stereocenters. The fraction of sp³-hybridized carbons (Fsp3) is 0.500. The zero-order chi connectivity index (χ0) is 10.4. The van der Waals surface area contributed by atoms with Crippen LogP contribution in [-0.4, -0.2) is 22.1 Å². The summed E-state index contributed by atoms with van der Waals surface area (Å²) in [7, 11) is 0. The Bertz CT molecular complexity index is 280. The lowest BCUT2D eigenvalue weighted by Crippen LogP contribution is -2.31. The van der Waals surface area contributed by atoms with Gasteiger partial charge in [-0.3, -0.25) is 0 Å². The molecule has 1 aromatic rings. The highest BCUT2D eigenvalue weighted by Crippen LogP contribution is 1.95. The summed E-state index contributed by atoms with van der Waals surface area (Å²) >= 11 is 5.56. The van der Waals surface area contributed by atoms with Gasteiger partial charge in [0.2, 0.25) is 0 Å². The van der Waals surface area contributed by atoms with Crippen LogP contribution >= 0.6 is 11.6 Å². The molecule has 0 saturated carbocycles. The molecule has 0 aromatic carbocycles. The van der Waals surface area contributed by atoms with Crippen LogP contribution in [0.3, 0.4) is 0 Å². The highest BCUT2D eigenvalue weighted by Gasteiger charge is 2.01. The third-order valence-electron chi connectivity index (χ3n) is 1.96. The van der Waals surface area contributed by atoms with Gasteiger partial charge in [-0.2, -0.15) is 0 Å². The Morgan fingerprint density at radius 2 is 2.50 bits per heavy atom. The van der Waals surface area contributed by atoms with E-state index in [1.807, 2.05) is 19.4 Å². The van der Waals surface area contributed by atoms with Crippen LogP contribution in [0, 0.1) is 0 Å². The smallest absolute Gasteiger partial charge is 0.0946 e. The molecule has 0 radical (unpaired) electrons. The second-order valence-electron chi connectivity index (χ2n) is 3.50. The van der Waals surface area contributed by atoms with E-state index in [1.54, 1.807) is 11.7 Å². The van der Waals surface area contributed by atoms with Crippen molar-refractivity contribution in [2.75, 3.05) is 6.54 Å². The molecule has 0 aliphatic heterocycles. The normalized spacial score (nSPS) is 14.4. The molecule has 4 heteroatoms. The third-order valence-corrected chi connectivity index (χ3v) is 2.33. The van der Waals surface area contributed by atoms with Crippen LogP contribution in [0.25, 0.3) is 0 Å². The van der Waals surface area contributed by atoms with Gasteiger partial charge in [0.15, 0.2) is 0 Å². The van der Waals surface area contributed by atoms with Crippen molar-refractivity contribution in [2.45, 2.75) is 26.4 Å². The lowest BCUT2D eigenvalue weighted by molar-refractivity contribution is 0.494. The molecule has 0 aliphatic rings. The van der Waals surface area contributed by atoms with Crippen LogP contribution in [-0.2, 0) is 6.54 Å². The van der Waals surface area contributed by atoms with E-state index in [2.05, 4.69) is 21.8 Å². The molecule has 0 bridgehead atoms. The molecule has 1 N–H and O–H groups in total. The van der Waals surface area contributed by atoms with E-state index in [1.165, 1.54) is 0 Å². The third kappa shape index (κ3) is 3.94. The van der Waals surface area contributed by atoms with E-state index in [0.717, 1.165) is 18.7 Å². The standard InChI is InChI=1S/C10H16ClN3/c1-9(5-11)6-13-10(2)7-14-4-3-12-8-14/h3-5,8,10,13H,6-7H2,1-2H3/b9-5+. The molecule has 1 rings (SSSR count). The van der Waals surface area contributed by atoms with E-state index in [0.29, 0.717) is 6.04 Å². The first-order valence-corrected chi connectivity index (χ1v) is 5.11. The van der Waals surface area contributed by atoms with Crippen molar-refractivity contribution in [1.29, 1.82) is 0 Å². The average Bonchev–Trinajstić information content (AvgIpc) is 2.66. The van der Waals surface area contributed by atoms with E-state index in [-0.39, 0.29) is 0 Å². The van der Waals surface area contributed by atoms with E-state index >= 15 is 0 Å². The Hall–Kier alpha value is -0.800. The van der Waals surface area contributed by atoms with Crippen LogP contribution in [0.5, 0.6) is 0 Å². The minimum Gasteiger partial charge on any atom is -0.336 e. The number of hydrogen-bond acceptors (Lipinski definition) is 2. The average molecular weight is 214 g/mol. The van der Waals surface area contributed by atoms with Gasteiger partial charge in [-0.25, -0.2) is 4.98 Å². The Labute approximate surface area is 89.8 Å². The molecule has 1 unspecified atom stereocenters. The number of nitrogens with one attached hydrogen (secondary N) is 1. The van der Waals surface area contributed by atoms with Crippen LogP contribution in [0.2, 0.25) is 0 Å². The lowest BCUT2D eigenvalue weighted by atomic mass is 10.3. The van der Waals surface area contributed by atoms with Crippen LogP contribution < -0.4 is 5.32 Å². The van der Waals surface area contributed by atoms with Crippen molar-refractivity contribution in [3.05, 3.63) is 29.8 Å². The molecular formula is C10H16ClN3. The Morgan fingerprint density at radius 3 is 3.07 bits per heavy atom. The van der Waals surface area contributed by atoms with Crippen molar-refractivity contribution < 1.29 is 0 Å². The summed E-state index contributed by atoms with van der Waals surface area (Å²) in [5.74, 6) is 0. The topological polar surface area (TPSA) is 29.9 Å². The van der Waals surface area contributed by atoms with Crippen molar-refractivity contribution in [3.8, 4) is 0 Å². The summed E-state index contributed by atoms with van der Waals surface area (Å²) in [4.78, 5) is 3.99. The summed E-state index contributed by atoms with van der Waals surface area (Å²) in [6.07, 6.45) is 5.57.